The van der Waals surface area contributed by atoms with Crippen LogP contribution in [0.25, 0.3) is 0 Å². The van der Waals surface area contributed by atoms with Gasteiger partial charge in [-0.3, -0.25) is 0 Å². The first-order valence-corrected chi connectivity index (χ1v) is 5.71. The quantitative estimate of drug-likeness (QED) is 0.898. The van der Waals surface area contributed by atoms with Crippen LogP contribution in [0.5, 0.6) is 5.75 Å². The van der Waals surface area contributed by atoms with Gasteiger partial charge in [0.1, 0.15) is 5.75 Å². The summed E-state index contributed by atoms with van der Waals surface area (Å²) in [5.41, 5.74) is 6.73. The van der Waals surface area contributed by atoms with Crippen molar-refractivity contribution in [2.45, 2.75) is 19.4 Å². The monoisotopic (exact) mass is 255 g/mol. The maximum absolute atomic E-state index is 5.72. The predicted octanol–water partition coefficient (Wildman–Crippen LogP) is 2.70. The van der Waals surface area contributed by atoms with Crippen molar-refractivity contribution in [2.75, 3.05) is 6.61 Å². The summed E-state index contributed by atoms with van der Waals surface area (Å²) >= 11 is 3.47. The number of rotatable bonds is 4. The van der Waals surface area contributed by atoms with E-state index in [-0.39, 0.29) is 0 Å². The highest BCUT2D eigenvalue weighted by Gasteiger charge is 2.22. The fourth-order valence-electron chi connectivity index (χ4n) is 1.36. The zero-order valence-electron chi connectivity index (χ0n) is 8.00. The molecule has 0 aliphatic heterocycles. The molecule has 1 aliphatic carbocycles. The number of halogens is 1. The van der Waals surface area contributed by atoms with Gasteiger partial charge in [0.25, 0.3) is 0 Å². The summed E-state index contributed by atoms with van der Waals surface area (Å²) in [6.45, 7) is 1.35. The average molecular weight is 256 g/mol. The fraction of sp³-hybridized carbons (Fsp3) is 0.455. The summed E-state index contributed by atoms with van der Waals surface area (Å²) in [6.07, 6.45) is 2.62. The molecule has 1 aromatic rings. The molecule has 0 atom stereocenters. The van der Waals surface area contributed by atoms with Crippen molar-refractivity contribution in [1.82, 2.24) is 0 Å². The second-order valence-electron chi connectivity index (χ2n) is 3.68. The first kappa shape index (κ1) is 9.99. The maximum Gasteiger partial charge on any atom is 0.124 e. The Morgan fingerprint density at radius 3 is 2.86 bits per heavy atom. The van der Waals surface area contributed by atoms with Crippen molar-refractivity contribution in [2.24, 2.45) is 11.7 Å². The number of benzene rings is 1. The van der Waals surface area contributed by atoms with E-state index in [1.807, 2.05) is 18.2 Å². The molecule has 0 bridgehead atoms. The zero-order valence-corrected chi connectivity index (χ0v) is 9.59. The third kappa shape index (κ3) is 2.28. The molecule has 0 heterocycles. The van der Waals surface area contributed by atoms with E-state index in [0.29, 0.717) is 6.54 Å². The average Bonchev–Trinajstić information content (AvgIpc) is 2.98. The van der Waals surface area contributed by atoms with Crippen molar-refractivity contribution < 1.29 is 4.74 Å². The molecule has 76 valence electrons. The Morgan fingerprint density at radius 2 is 2.21 bits per heavy atom. The molecule has 1 aromatic carbocycles. The van der Waals surface area contributed by atoms with Crippen molar-refractivity contribution in [3.63, 3.8) is 0 Å². The molecule has 0 saturated heterocycles. The summed E-state index contributed by atoms with van der Waals surface area (Å²) < 4.78 is 6.76. The molecule has 0 aromatic heterocycles. The Bertz CT molecular complexity index is 323. The molecule has 0 radical (unpaired) electrons. The van der Waals surface area contributed by atoms with Crippen LogP contribution in [0.4, 0.5) is 0 Å². The first-order chi connectivity index (χ1) is 6.81. The lowest BCUT2D eigenvalue weighted by molar-refractivity contribution is 0.296. The Balaban J connectivity index is 2.09. The van der Waals surface area contributed by atoms with E-state index in [0.717, 1.165) is 28.3 Å². The second-order valence-corrected chi connectivity index (χ2v) is 4.53. The highest BCUT2D eigenvalue weighted by Crippen LogP contribution is 2.31. The smallest absolute Gasteiger partial charge is 0.124 e. The summed E-state index contributed by atoms with van der Waals surface area (Å²) in [4.78, 5) is 0. The summed E-state index contributed by atoms with van der Waals surface area (Å²) in [5.74, 6) is 1.70. The van der Waals surface area contributed by atoms with Gasteiger partial charge in [-0.15, -0.1) is 0 Å². The molecular formula is C11H14BrNO. The van der Waals surface area contributed by atoms with Crippen molar-refractivity contribution >= 4 is 15.9 Å². The molecule has 0 unspecified atom stereocenters. The molecule has 2 rings (SSSR count). The van der Waals surface area contributed by atoms with E-state index in [2.05, 4.69) is 15.9 Å². The minimum absolute atomic E-state index is 0.515. The van der Waals surface area contributed by atoms with Crippen molar-refractivity contribution in [1.29, 1.82) is 0 Å². The van der Waals surface area contributed by atoms with Crippen LogP contribution in [0.2, 0.25) is 0 Å². The van der Waals surface area contributed by atoms with E-state index in [1.165, 1.54) is 12.8 Å². The van der Waals surface area contributed by atoms with E-state index < -0.39 is 0 Å². The molecule has 1 saturated carbocycles. The minimum Gasteiger partial charge on any atom is -0.493 e. The van der Waals surface area contributed by atoms with Crippen LogP contribution in [0.15, 0.2) is 22.7 Å². The van der Waals surface area contributed by atoms with Gasteiger partial charge < -0.3 is 10.5 Å². The molecule has 0 amide bonds. The van der Waals surface area contributed by atoms with Crippen LogP contribution in [-0.4, -0.2) is 6.61 Å². The fourth-order valence-corrected chi connectivity index (χ4v) is 1.87. The Kier molecular flexibility index (Phi) is 3.08. The Hall–Kier alpha value is -0.540. The van der Waals surface area contributed by atoms with E-state index in [1.54, 1.807) is 0 Å². The molecule has 14 heavy (non-hydrogen) atoms. The maximum atomic E-state index is 5.72. The van der Waals surface area contributed by atoms with Crippen LogP contribution in [0.3, 0.4) is 0 Å². The van der Waals surface area contributed by atoms with Gasteiger partial charge >= 0.3 is 0 Å². The first-order valence-electron chi connectivity index (χ1n) is 4.91. The molecule has 2 nitrogen and oxygen atoms in total. The van der Waals surface area contributed by atoms with Crippen LogP contribution in [0.1, 0.15) is 18.4 Å². The number of ether oxygens (including phenoxy) is 1. The highest BCUT2D eigenvalue weighted by molar-refractivity contribution is 9.10. The molecule has 1 fully saturated rings. The van der Waals surface area contributed by atoms with Gasteiger partial charge in [-0.25, -0.2) is 0 Å². The molecule has 0 spiro atoms. The van der Waals surface area contributed by atoms with Crippen LogP contribution in [0, 0.1) is 5.92 Å². The largest absolute Gasteiger partial charge is 0.493 e. The molecule has 3 heteroatoms. The normalized spacial score (nSPS) is 15.6. The third-order valence-electron chi connectivity index (χ3n) is 2.45. The van der Waals surface area contributed by atoms with Gasteiger partial charge in [0.2, 0.25) is 0 Å². The SMILES string of the molecule is NCc1c(Br)cccc1OCC1CC1. The van der Waals surface area contributed by atoms with Crippen molar-refractivity contribution in [3.05, 3.63) is 28.2 Å². The third-order valence-corrected chi connectivity index (χ3v) is 3.19. The predicted molar refractivity (Wildman–Crippen MR) is 60.3 cm³/mol. The van der Waals surface area contributed by atoms with E-state index in [4.69, 9.17) is 10.5 Å². The summed E-state index contributed by atoms with van der Waals surface area (Å²) in [7, 11) is 0. The van der Waals surface area contributed by atoms with Gasteiger partial charge in [0.05, 0.1) is 6.61 Å². The van der Waals surface area contributed by atoms with Gasteiger partial charge in [0.15, 0.2) is 0 Å². The van der Waals surface area contributed by atoms with Crippen LogP contribution >= 0.6 is 15.9 Å². The molecule has 2 N–H and O–H groups in total. The van der Waals surface area contributed by atoms with Gasteiger partial charge in [-0.2, -0.15) is 0 Å². The lowest BCUT2D eigenvalue weighted by Crippen LogP contribution is -2.05. The zero-order chi connectivity index (χ0) is 9.97. The minimum atomic E-state index is 0.515. The number of hydrogen-bond acceptors (Lipinski definition) is 2. The van der Waals surface area contributed by atoms with E-state index in [9.17, 15) is 0 Å². The summed E-state index contributed by atoms with van der Waals surface area (Å²) in [6, 6.07) is 5.95. The lowest BCUT2D eigenvalue weighted by atomic mass is 10.2. The standard InChI is InChI=1S/C11H14BrNO/c12-10-2-1-3-11(9(10)6-13)14-7-8-4-5-8/h1-3,8H,4-7,13H2. The van der Waals surface area contributed by atoms with Crippen LogP contribution in [-0.2, 0) is 6.54 Å². The highest BCUT2D eigenvalue weighted by atomic mass is 79.9. The Morgan fingerprint density at radius 1 is 1.43 bits per heavy atom. The van der Waals surface area contributed by atoms with E-state index >= 15 is 0 Å². The van der Waals surface area contributed by atoms with Gasteiger partial charge in [0, 0.05) is 16.6 Å². The number of hydrogen-bond donors (Lipinski definition) is 1. The van der Waals surface area contributed by atoms with Gasteiger partial charge in [-0.05, 0) is 30.9 Å². The Labute approximate surface area is 92.6 Å². The van der Waals surface area contributed by atoms with Crippen molar-refractivity contribution in [3.8, 4) is 5.75 Å². The lowest BCUT2D eigenvalue weighted by Gasteiger charge is -2.11. The molecular weight excluding hydrogens is 242 g/mol. The van der Waals surface area contributed by atoms with Crippen LogP contribution < -0.4 is 10.5 Å². The van der Waals surface area contributed by atoms with Gasteiger partial charge in [-0.1, -0.05) is 22.0 Å². The summed E-state index contributed by atoms with van der Waals surface area (Å²) in [5, 5.41) is 0. The number of nitrogens with two attached hydrogens (primary N) is 1. The second kappa shape index (κ2) is 4.32. The molecule has 1 aliphatic rings. The topological polar surface area (TPSA) is 35.2 Å².